The third-order valence-electron chi connectivity index (χ3n) is 2.88. The van der Waals surface area contributed by atoms with Gasteiger partial charge in [0, 0.05) is 6.07 Å². The molecule has 1 N–H and O–H groups in total. The maximum Gasteiger partial charge on any atom is 0.420 e. The Morgan fingerprint density at radius 1 is 1.21 bits per heavy atom. The molecule has 0 aliphatic heterocycles. The third-order valence-corrected chi connectivity index (χ3v) is 2.88. The monoisotopic (exact) mass is 259 g/mol. The number of nitrogens with zero attached hydrogens (tertiary/aromatic N) is 1. The van der Waals surface area contributed by atoms with E-state index < -0.39 is 11.6 Å². The normalized spacial score (nSPS) is 11.0. The number of oxazole rings is 1. The number of phenols is 1. The summed E-state index contributed by atoms with van der Waals surface area (Å²) >= 11 is 0. The average Bonchev–Trinajstić information content (AvgIpc) is 2.66. The number of benzene rings is 2. The number of rotatable bonds is 2. The maximum atomic E-state index is 13.2. The molecule has 96 valence electrons. The van der Waals surface area contributed by atoms with Gasteiger partial charge >= 0.3 is 5.76 Å². The molecule has 3 aromatic rings. The van der Waals surface area contributed by atoms with Crippen LogP contribution >= 0.6 is 0 Å². The lowest BCUT2D eigenvalue weighted by Gasteiger charge is -2.03. The van der Waals surface area contributed by atoms with Crippen LogP contribution in [0.25, 0.3) is 11.1 Å². The van der Waals surface area contributed by atoms with E-state index in [0.717, 1.165) is 5.56 Å². The lowest BCUT2D eigenvalue weighted by Crippen LogP contribution is -2.14. The van der Waals surface area contributed by atoms with E-state index in [1.807, 2.05) is 0 Å². The highest BCUT2D eigenvalue weighted by atomic mass is 19.1. The number of hydrogen-bond donors (Lipinski definition) is 1. The lowest BCUT2D eigenvalue weighted by atomic mass is 10.2. The van der Waals surface area contributed by atoms with E-state index in [0.29, 0.717) is 11.1 Å². The van der Waals surface area contributed by atoms with E-state index in [9.17, 15) is 14.3 Å². The highest BCUT2D eigenvalue weighted by molar-refractivity contribution is 5.72. The first-order valence-corrected chi connectivity index (χ1v) is 5.70. The molecule has 0 atom stereocenters. The fourth-order valence-electron chi connectivity index (χ4n) is 2.02. The standard InChI is InChI=1S/C14H10FNO3/c15-10-4-5-13-12(7-10)16(14(18)19-13)8-9-2-1-3-11(17)6-9/h1-7,17H,8H2. The van der Waals surface area contributed by atoms with Crippen LogP contribution in [-0.2, 0) is 6.54 Å². The van der Waals surface area contributed by atoms with Gasteiger partial charge in [0.1, 0.15) is 11.6 Å². The Morgan fingerprint density at radius 3 is 2.84 bits per heavy atom. The molecular formula is C14H10FNO3. The van der Waals surface area contributed by atoms with Gasteiger partial charge in [-0.15, -0.1) is 0 Å². The van der Waals surface area contributed by atoms with Crippen LogP contribution in [0.3, 0.4) is 0 Å². The van der Waals surface area contributed by atoms with Crippen molar-refractivity contribution >= 4 is 11.1 Å². The fraction of sp³-hybridized carbons (Fsp3) is 0.0714. The number of aromatic nitrogens is 1. The zero-order valence-electron chi connectivity index (χ0n) is 9.84. The Hall–Kier alpha value is -2.56. The van der Waals surface area contributed by atoms with Crippen molar-refractivity contribution in [2.75, 3.05) is 0 Å². The number of fused-ring (bicyclic) bond motifs is 1. The van der Waals surface area contributed by atoms with Crippen LogP contribution in [0.5, 0.6) is 5.75 Å². The van der Waals surface area contributed by atoms with E-state index in [-0.39, 0.29) is 12.3 Å². The van der Waals surface area contributed by atoms with Crippen molar-refractivity contribution in [2.45, 2.75) is 6.54 Å². The van der Waals surface area contributed by atoms with Gasteiger partial charge in [0.05, 0.1) is 12.1 Å². The van der Waals surface area contributed by atoms with Gasteiger partial charge in [-0.05, 0) is 29.8 Å². The van der Waals surface area contributed by atoms with E-state index in [4.69, 9.17) is 4.42 Å². The number of halogens is 1. The van der Waals surface area contributed by atoms with Crippen LogP contribution in [0.1, 0.15) is 5.56 Å². The molecule has 0 bridgehead atoms. The van der Waals surface area contributed by atoms with Crippen molar-refractivity contribution in [1.29, 1.82) is 0 Å². The number of hydrogen-bond acceptors (Lipinski definition) is 3. The largest absolute Gasteiger partial charge is 0.508 e. The molecule has 0 saturated carbocycles. The van der Waals surface area contributed by atoms with Gasteiger partial charge in [0.15, 0.2) is 5.58 Å². The first kappa shape index (κ1) is 11.5. The van der Waals surface area contributed by atoms with Gasteiger partial charge in [0.25, 0.3) is 0 Å². The zero-order valence-corrected chi connectivity index (χ0v) is 9.84. The van der Waals surface area contributed by atoms with E-state index in [2.05, 4.69) is 0 Å². The zero-order chi connectivity index (χ0) is 13.4. The molecular weight excluding hydrogens is 249 g/mol. The molecule has 0 aliphatic carbocycles. The summed E-state index contributed by atoms with van der Waals surface area (Å²) in [5, 5.41) is 9.40. The fourth-order valence-corrected chi connectivity index (χ4v) is 2.02. The van der Waals surface area contributed by atoms with Gasteiger partial charge in [-0.25, -0.2) is 9.18 Å². The molecule has 3 rings (SSSR count). The Labute approximate surface area is 107 Å². The molecule has 5 heteroatoms. The van der Waals surface area contributed by atoms with Crippen molar-refractivity contribution in [1.82, 2.24) is 4.57 Å². The predicted molar refractivity (Wildman–Crippen MR) is 67.6 cm³/mol. The minimum atomic E-state index is -0.552. The SMILES string of the molecule is O=c1oc2ccc(F)cc2n1Cc1cccc(O)c1. The summed E-state index contributed by atoms with van der Waals surface area (Å²) in [6.07, 6.45) is 0. The van der Waals surface area contributed by atoms with Crippen LogP contribution in [0.2, 0.25) is 0 Å². The summed E-state index contributed by atoms with van der Waals surface area (Å²) in [5.41, 5.74) is 1.47. The summed E-state index contributed by atoms with van der Waals surface area (Å²) in [7, 11) is 0. The van der Waals surface area contributed by atoms with E-state index >= 15 is 0 Å². The van der Waals surface area contributed by atoms with Gasteiger partial charge < -0.3 is 9.52 Å². The van der Waals surface area contributed by atoms with Crippen molar-refractivity contribution in [3.05, 3.63) is 64.4 Å². The van der Waals surface area contributed by atoms with Gasteiger partial charge in [-0.3, -0.25) is 4.57 Å². The smallest absolute Gasteiger partial charge is 0.420 e. The Bertz CT molecular complexity index is 804. The minimum absolute atomic E-state index is 0.115. The van der Waals surface area contributed by atoms with Gasteiger partial charge in [0.2, 0.25) is 0 Å². The highest BCUT2D eigenvalue weighted by Gasteiger charge is 2.10. The summed E-state index contributed by atoms with van der Waals surface area (Å²) in [5.74, 6) is -0.869. The van der Waals surface area contributed by atoms with Gasteiger partial charge in [-0.2, -0.15) is 0 Å². The molecule has 2 aromatic carbocycles. The van der Waals surface area contributed by atoms with Gasteiger partial charge in [-0.1, -0.05) is 12.1 Å². The molecule has 0 unspecified atom stereocenters. The topological polar surface area (TPSA) is 55.4 Å². The predicted octanol–water partition coefficient (Wildman–Crippen LogP) is 2.49. The summed E-state index contributed by atoms with van der Waals surface area (Å²) in [6, 6.07) is 10.4. The quantitative estimate of drug-likeness (QED) is 0.769. The van der Waals surface area contributed by atoms with Crippen molar-refractivity contribution in [3.8, 4) is 5.75 Å². The summed E-state index contributed by atoms with van der Waals surface area (Å²) < 4.78 is 19.6. The maximum absolute atomic E-state index is 13.2. The second kappa shape index (κ2) is 4.28. The van der Waals surface area contributed by atoms with Crippen LogP contribution in [-0.4, -0.2) is 9.67 Å². The summed E-state index contributed by atoms with van der Waals surface area (Å²) in [6.45, 7) is 0.212. The van der Waals surface area contributed by atoms with E-state index in [1.54, 1.807) is 24.3 Å². The molecule has 0 amide bonds. The third kappa shape index (κ3) is 2.10. The molecule has 0 fully saturated rings. The molecule has 0 saturated heterocycles. The second-order valence-corrected chi connectivity index (χ2v) is 4.24. The number of aromatic hydroxyl groups is 1. The molecule has 1 aromatic heterocycles. The second-order valence-electron chi connectivity index (χ2n) is 4.24. The van der Waals surface area contributed by atoms with Crippen LogP contribution in [0.4, 0.5) is 4.39 Å². The van der Waals surface area contributed by atoms with Crippen LogP contribution in [0.15, 0.2) is 51.7 Å². The first-order valence-electron chi connectivity index (χ1n) is 5.70. The van der Waals surface area contributed by atoms with Crippen LogP contribution in [0, 0.1) is 5.82 Å². The van der Waals surface area contributed by atoms with Crippen molar-refractivity contribution in [3.63, 3.8) is 0 Å². The molecule has 19 heavy (non-hydrogen) atoms. The van der Waals surface area contributed by atoms with E-state index in [1.165, 1.54) is 22.8 Å². The van der Waals surface area contributed by atoms with Crippen LogP contribution < -0.4 is 5.76 Å². The minimum Gasteiger partial charge on any atom is -0.508 e. The number of phenolic OH excluding ortho intramolecular Hbond substituents is 1. The molecule has 0 radical (unpaired) electrons. The Morgan fingerprint density at radius 2 is 2.05 bits per heavy atom. The first-order chi connectivity index (χ1) is 9.13. The lowest BCUT2D eigenvalue weighted by molar-refractivity contribution is 0.473. The van der Waals surface area contributed by atoms with Crippen molar-refractivity contribution < 1.29 is 13.9 Å². The van der Waals surface area contributed by atoms with Crippen molar-refractivity contribution in [2.24, 2.45) is 0 Å². The molecule has 0 spiro atoms. The Kier molecular flexibility index (Phi) is 2.59. The summed E-state index contributed by atoms with van der Waals surface area (Å²) in [4.78, 5) is 11.8. The molecule has 4 nitrogen and oxygen atoms in total. The molecule has 1 heterocycles. The Balaban J connectivity index is 2.12. The molecule has 0 aliphatic rings. The highest BCUT2D eigenvalue weighted by Crippen LogP contribution is 2.17. The average molecular weight is 259 g/mol.